The maximum absolute atomic E-state index is 9.47. The number of rotatable bonds is 4. The van der Waals surface area contributed by atoms with Crippen molar-refractivity contribution in [2.75, 3.05) is 44.2 Å². The lowest BCUT2D eigenvalue weighted by atomic mass is 10.0. The second kappa shape index (κ2) is 8.41. The molecule has 0 unspecified atom stereocenters. The van der Waals surface area contributed by atoms with Gasteiger partial charge in [-0.05, 0) is 49.7 Å². The van der Waals surface area contributed by atoms with Crippen LogP contribution in [0, 0.1) is 11.3 Å². The van der Waals surface area contributed by atoms with E-state index in [0.717, 1.165) is 68.8 Å². The summed E-state index contributed by atoms with van der Waals surface area (Å²) in [6, 6.07) is 10.7. The average Bonchev–Trinajstić information content (AvgIpc) is 3.23. The first-order valence-electron chi connectivity index (χ1n) is 11.9. The van der Waals surface area contributed by atoms with E-state index in [2.05, 4.69) is 61.2 Å². The van der Waals surface area contributed by atoms with Gasteiger partial charge in [-0.15, -0.1) is 0 Å². The van der Waals surface area contributed by atoms with Gasteiger partial charge in [-0.1, -0.05) is 0 Å². The first-order valence-corrected chi connectivity index (χ1v) is 11.9. The van der Waals surface area contributed by atoms with Gasteiger partial charge in [-0.3, -0.25) is 14.6 Å². The van der Waals surface area contributed by atoms with E-state index in [4.69, 9.17) is 4.74 Å². The third-order valence-electron chi connectivity index (χ3n) is 7.13. The van der Waals surface area contributed by atoms with E-state index >= 15 is 0 Å². The van der Waals surface area contributed by atoms with Crippen molar-refractivity contribution >= 4 is 16.6 Å². The number of likely N-dealkylation sites (tertiary alicyclic amines) is 1. The normalized spacial score (nSPS) is 23.8. The van der Waals surface area contributed by atoms with Crippen molar-refractivity contribution in [3.05, 3.63) is 53.5 Å². The van der Waals surface area contributed by atoms with E-state index in [1.165, 1.54) is 11.3 Å². The minimum atomic E-state index is 0.144. The lowest BCUT2D eigenvalue weighted by Gasteiger charge is -2.45. The van der Waals surface area contributed by atoms with Gasteiger partial charge in [0.25, 0.3) is 0 Å². The van der Waals surface area contributed by atoms with Crippen LogP contribution in [-0.2, 0) is 17.7 Å². The monoisotopic (exact) mass is 443 g/mol. The smallest absolute Gasteiger partial charge is 0.101 e. The Bertz CT molecular complexity index is 1210. The number of nitriles is 1. The van der Waals surface area contributed by atoms with Crippen molar-refractivity contribution in [1.29, 1.82) is 5.26 Å². The third-order valence-corrected chi connectivity index (χ3v) is 7.13. The molecule has 0 saturated carbocycles. The number of aromatic nitrogens is 3. The molecule has 8 nitrogen and oxygen atoms in total. The SMILES string of the molecule is C[C@@H]1CN(c2ccc(C#N)c3ncccc23)C[C@H](CN2CC(n3ncc4c3CNCC4)C2)O1. The second-order valence-corrected chi connectivity index (χ2v) is 9.48. The number of benzene rings is 1. The fourth-order valence-electron chi connectivity index (χ4n) is 5.57. The highest BCUT2D eigenvalue weighted by atomic mass is 16.5. The molecule has 2 atom stereocenters. The molecule has 2 aromatic heterocycles. The zero-order valence-corrected chi connectivity index (χ0v) is 18.9. The Morgan fingerprint density at radius 2 is 2.12 bits per heavy atom. The lowest BCUT2D eigenvalue weighted by molar-refractivity contribution is -0.0491. The van der Waals surface area contributed by atoms with Crippen LogP contribution >= 0.6 is 0 Å². The van der Waals surface area contributed by atoms with Gasteiger partial charge in [0, 0.05) is 56.5 Å². The molecule has 0 spiro atoms. The van der Waals surface area contributed by atoms with Crippen LogP contribution in [0.25, 0.3) is 10.9 Å². The molecule has 3 aliphatic heterocycles. The number of hydrogen-bond acceptors (Lipinski definition) is 7. The highest BCUT2D eigenvalue weighted by Crippen LogP contribution is 2.31. The van der Waals surface area contributed by atoms with Gasteiger partial charge >= 0.3 is 0 Å². The maximum atomic E-state index is 9.47. The summed E-state index contributed by atoms with van der Waals surface area (Å²) in [5.41, 5.74) is 5.29. The van der Waals surface area contributed by atoms with Crippen LogP contribution < -0.4 is 10.2 Å². The van der Waals surface area contributed by atoms with Crippen LogP contribution in [0.2, 0.25) is 0 Å². The largest absolute Gasteiger partial charge is 0.370 e. The summed E-state index contributed by atoms with van der Waals surface area (Å²) >= 11 is 0. The zero-order chi connectivity index (χ0) is 22.4. The Morgan fingerprint density at radius 3 is 3.00 bits per heavy atom. The molecule has 2 saturated heterocycles. The number of anilines is 1. The minimum Gasteiger partial charge on any atom is -0.370 e. The Hall–Kier alpha value is -2.99. The number of fused-ring (bicyclic) bond motifs is 2. The highest BCUT2D eigenvalue weighted by molar-refractivity contribution is 5.95. The number of pyridine rings is 1. The van der Waals surface area contributed by atoms with Crippen LogP contribution in [-0.4, -0.2) is 71.1 Å². The van der Waals surface area contributed by atoms with Crippen molar-refractivity contribution in [2.24, 2.45) is 0 Å². The molecular weight excluding hydrogens is 414 g/mol. The molecule has 33 heavy (non-hydrogen) atoms. The number of ether oxygens (including phenoxy) is 1. The topological polar surface area (TPSA) is 82.2 Å². The first-order chi connectivity index (χ1) is 16.2. The summed E-state index contributed by atoms with van der Waals surface area (Å²) in [6.45, 7) is 8.75. The third kappa shape index (κ3) is 3.76. The van der Waals surface area contributed by atoms with Crippen molar-refractivity contribution < 1.29 is 4.74 Å². The van der Waals surface area contributed by atoms with E-state index in [1.54, 1.807) is 6.20 Å². The Balaban J connectivity index is 1.14. The van der Waals surface area contributed by atoms with E-state index in [9.17, 15) is 5.26 Å². The summed E-state index contributed by atoms with van der Waals surface area (Å²) in [4.78, 5) is 9.36. The molecular formula is C25H29N7O. The Morgan fingerprint density at radius 1 is 1.21 bits per heavy atom. The van der Waals surface area contributed by atoms with Gasteiger partial charge in [0.05, 0.1) is 41.2 Å². The minimum absolute atomic E-state index is 0.144. The molecule has 8 heteroatoms. The molecule has 5 heterocycles. The fourth-order valence-corrected chi connectivity index (χ4v) is 5.57. The zero-order valence-electron chi connectivity index (χ0n) is 18.9. The van der Waals surface area contributed by atoms with Gasteiger partial charge in [-0.2, -0.15) is 10.4 Å². The number of nitrogens with zero attached hydrogens (tertiary/aromatic N) is 6. The van der Waals surface area contributed by atoms with Crippen molar-refractivity contribution in [3.8, 4) is 6.07 Å². The maximum Gasteiger partial charge on any atom is 0.101 e. The van der Waals surface area contributed by atoms with Gasteiger partial charge in [0.1, 0.15) is 6.07 Å². The van der Waals surface area contributed by atoms with Gasteiger partial charge in [0.2, 0.25) is 0 Å². The van der Waals surface area contributed by atoms with Gasteiger partial charge in [0.15, 0.2) is 0 Å². The van der Waals surface area contributed by atoms with Gasteiger partial charge in [-0.25, -0.2) is 0 Å². The van der Waals surface area contributed by atoms with Crippen LogP contribution in [0.4, 0.5) is 5.69 Å². The van der Waals surface area contributed by atoms with Gasteiger partial charge < -0.3 is 15.0 Å². The molecule has 1 N–H and O–H groups in total. The van der Waals surface area contributed by atoms with Crippen LogP contribution in [0.5, 0.6) is 0 Å². The summed E-state index contributed by atoms with van der Waals surface area (Å²) in [7, 11) is 0. The molecule has 2 fully saturated rings. The Kier molecular flexibility index (Phi) is 5.25. The van der Waals surface area contributed by atoms with E-state index in [1.807, 2.05) is 12.1 Å². The molecule has 0 bridgehead atoms. The van der Waals surface area contributed by atoms with E-state index < -0.39 is 0 Å². The molecule has 0 radical (unpaired) electrons. The summed E-state index contributed by atoms with van der Waals surface area (Å²) in [5.74, 6) is 0. The van der Waals surface area contributed by atoms with Crippen molar-refractivity contribution in [2.45, 2.75) is 38.1 Å². The average molecular weight is 444 g/mol. The van der Waals surface area contributed by atoms with Crippen LogP contribution in [0.3, 0.4) is 0 Å². The number of hydrogen-bond donors (Lipinski definition) is 1. The standard InChI is InChI=1S/C25H29N7O/c1-17-12-31(23-5-4-18(9-26)25-22(23)3-2-7-28-25)16-21(33-17)15-30-13-20(14-30)32-24-11-27-8-6-19(24)10-29-32/h2-5,7,10,17,20-21,27H,6,8,11-16H2,1H3/t17-,21+/m1/s1. The van der Waals surface area contributed by atoms with E-state index in [-0.39, 0.29) is 12.2 Å². The predicted octanol–water partition coefficient (Wildman–Crippen LogP) is 2.10. The lowest BCUT2D eigenvalue weighted by Crippen LogP contribution is -2.56. The predicted molar refractivity (Wildman–Crippen MR) is 126 cm³/mol. The Labute approximate surface area is 193 Å². The molecule has 0 amide bonds. The molecule has 3 aromatic rings. The first kappa shape index (κ1) is 20.6. The summed E-state index contributed by atoms with van der Waals surface area (Å²) in [5, 5.41) is 18.7. The molecule has 1 aromatic carbocycles. The van der Waals surface area contributed by atoms with Crippen molar-refractivity contribution in [3.63, 3.8) is 0 Å². The van der Waals surface area contributed by atoms with Crippen LogP contribution in [0.1, 0.15) is 29.8 Å². The molecule has 170 valence electrons. The number of morpholine rings is 1. The molecule has 3 aliphatic rings. The highest BCUT2D eigenvalue weighted by Gasteiger charge is 2.35. The molecule has 0 aliphatic carbocycles. The van der Waals surface area contributed by atoms with Crippen molar-refractivity contribution in [1.82, 2.24) is 25.0 Å². The van der Waals surface area contributed by atoms with E-state index in [0.29, 0.717) is 11.6 Å². The quantitative estimate of drug-likeness (QED) is 0.661. The summed E-state index contributed by atoms with van der Waals surface area (Å²) < 4.78 is 8.57. The van der Waals surface area contributed by atoms with Crippen LogP contribution in [0.15, 0.2) is 36.7 Å². The fraction of sp³-hybridized carbons (Fsp3) is 0.480. The number of nitrogens with one attached hydrogen (secondary N) is 1. The molecule has 6 rings (SSSR count). The summed E-state index contributed by atoms with van der Waals surface area (Å²) in [6.07, 6.45) is 5.18. The second-order valence-electron chi connectivity index (χ2n) is 9.48.